The first-order valence-electron chi connectivity index (χ1n) is 10.3. The monoisotopic (exact) mass is 461 g/mol. The van der Waals surface area contributed by atoms with Crippen molar-refractivity contribution in [3.63, 3.8) is 0 Å². The van der Waals surface area contributed by atoms with Gasteiger partial charge in [0.25, 0.3) is 0 Å². The molecule has 1 aliphatic heterocycles. The Labute approximate surface area is 190 Å². The van der Waals surface area contributed by atoms with Crippen molar-refractivity contribution >= 4 is 28.9 Å². The van der Waals surface area contributed by atoms with E-state index in [-0.39, 0.29) is 12.1 Å². The Kier molecular flexibility index (Phi) is 6.21. The van der Waals surface area contributed by atoms with Crippen LogP contribution in [0.1, 0.15) is 26.3 Å². The molecule has 1 aromatic carbocycles. The van der Waals surface area contributed by atoms with Crippen LogP contribution in [0.2, 0.25) is 5.02 Å². The number of morpholine rings is 1. The molecular weight excluding hydrogens is 437 g/mol. The second-order valence-corrected chi connectivity index (χ2v) is 8.92. The highest BCUT2D eigenvalue weighted by molar-refractivity contribution is 6.31. The quantitative estimate of drug-likeness (QED) is 0.631. The van der Waals surface area contributed by atoms with Gasteiger partial charge in [-0.05, 0) is 44.5 Å². The standard InChI is InChI=1S/C22H25ClFN5O3/c1-22(2,3)32-21(30)25-11-14-8-18(24)16(10-17(14)23)20-19-9-15(12-29(19)27-13-26-20)28-4-6-31-7-5-28/h8-10,12-13H,4-7,11H2,1-3H3,(H,25,30). The van der Waals surface area contributed by atoms with E-state index in [0.717, 1.165) is 18.8 Å². The van der Waals surface area contributed by atoms with Gasteiger partial charge in [0, 0.05) is 30.2 Å². The summed E-state index contributed by atoms with van der Waals surface area (Å²) in [5, 5.41) is 7.17. The lowest BCUT2D eigenvalue weighted by Gasteiger charge is -2.27. The maximum absolute atomic E-state index is 15.1. The molecule has 1 aliphatic rings. The van der Waals surface area contributed by atoms with E-state index in [2.05, 4.69) is 20.3 Å². The molecule has 0 radical (unpaired) electrons. The number of halogens is 2. The molecule has 0 bridgehead atoms. The zero-order valence-electron chi connectivity index (χ0n) is 18.2. The van der Waals surface area contributed by atoms with E-state index in [1.54, 1.807) is 25.3 Å². The van der Waals surface area contributed by atoms with E-state index in [9.17, 15) is 4.79 Å². The number of alkyl carbamates (subject to hydrolysis) is 1. The van der Waals surface area contributed by atoms with E-state index in [1.165, 1.54) is 18.5 Å². The third kappa shape index (κ3) is 4.94. The fraction of sp³-hybridized carbons (Fsp3) is 0.409. The van der Waals surface area contributed by atoms with E-state index >= 15 is 4.39 Å². The molecule has 3 aromatic rings. The first kappa shape index (κ1) is 22.3. The highest BCUT2D eigenvalue weighted by Crippen LogP contribution is 2.32. The van der Waals surface area contributed by atoms with Crippen molar-refractivity contribution in [1.82, 2.24) is 19.9 Å². The maximum atomic E-state index is 15.1. The van der Waals surface area contributed by atoms with Gasteiger partial charge in [0.2, 0.25) is 0 Å². The number of anilines is 1. The molecule has 1 saturated heterocycles. The number of benzene rings is 1. The molecule has 4 rings (SSSR count). The number of aromatic nitrogens is 3. The molecular formula is C22H25ClFN5O3. The van der Waals surface area contributed by atoms with Gasteiger partial charge >= 0.3 is 6.09 Å². The summed E-state index contributed by atoms with van der Waals surface area (Å²) in [6.45, 7) is 8.21. The van der Waals surface area contributed by atoms with Gasteiger partial charge in [-0.3, -0.25) is 0 Å². The lowest BCUT2D eigenvalue weighted by Crippen LogP contribution is -2.35. The molecule has 2 aromatic heterocycles. The fourth-order valence-electron chi connectivity index (χ4n) is 3.50. The van der Waals surface area contributed by atoms with Crippen LogP contribution in [0, 0.1) is 5.82 Å². The zero-order chi connectivity index (χ0) is 22.9. The molecule has 0 aliphatic carbocycles. The zero-order valence-corrected chi connectivity index (χ0v) is 18.9. The van der Waals surface area contributed by atoms with Crippen molar-refractivity contribution in [3.8, 4) is 11.3 Å². The molecule has 0 unspecified atom stereocenters. The second-order valence-electron chi connectivity index (χ2n) is 8.52. The van der Waals surface area contributed by atoms with Crippen molar-refractivity contribution in [2.45, 2.75) is 32.9 Å². The van der Waals surface area contributed by atoms with Gasteiger partial charge in [0.15, 0.2) is 0 Å². The molecule has 8 nitrogen and oxygen atoms in total. The first-order valence-corrected chi connectivity index (χ1v) is 10.7. The van der Waals surface area contributed by atoms with Gasteiger partial charge in [-0.2, -0.15) is 5.10 Å². The Hall–Kier alpha value is -2.91. The van der Waals surface area contributed by atoms with Gasteiger partial charge in [0.05, 0.1) is 30.6 Å². The minimum Gasteiger partial charge on any atom is -0.444 e. The fourth-order valence-corrected chi connectivity index (χ4v) is 3.74. The van der Waals surface area contributed by atoms with Crippen LogP contribution in [0.5, 0.6) is 0 Å². The Balaban J connectivity index is 1.60. The van der Waals surface area contributed by atoms with E-state index in [4.69, 9.17) is 21.1 Å². The van der Waals surface area contributed by atoms with Crippen LogP contribution in [-0.2, 0) is 16.0 Å². The van der Waals surface area contributed by atoms with Crippen molar-refractivity contribution in [1.29, 1.82) is 0 Å². The summed E-state index contributed by atoms with van der Waals surface area (Å²) >= 11 is 6.41. The molecule has 0 saturated carbocycles. The molecule has 32 heavy (non-hydrogen) atoms. The van der Waals surface area contributed by atoms with Gasteiger partial charge < -0.3 is 19.7 Å². The smallest absolute Gasteiger partial charge is 0.407 e. The first-order chi connectivity index (χ1) is 15.2. The molecule has 3 heterocycles. The normalized spacial score (nSPS) is 14.6. The van der Waals surface area contributed by atoms with Crippen LogP contribution in [0.4, 0.5) is 14.9 Å². The Bertz CT molecular complexity index is 1140. The Morgan fingerprint density at radius 3 is 2.75 bits per heavy atom. The molecule has 170 valence electrons. The number of nitrogens with zero attached hydrogens (tertiary/aromatic N) is 4. The van der Waals surface area contributed by atoms with Crippen LogP contribution in [0.15, 0.2) is 30.7 Å². The van der Waals surface area contributed by atoms with Crippen LogP contribution in [0.25, 0.3) is 16.8 Å². The van der Waals surface area contributed by atoms with Gasteiger partial charge in [-0.1, -0.05) is 11.6 Å². The van der Waals surface area contributed by atoms with Crippen molar-refractivity contribution < 1.29 is 18.7 Å². The summed E-state index contributed by atoms with van der Waals surface area (Å²) in [6, 6.07) is 4.76. The van der Waals surface area contributed by atoms with E-state index in [1.807, 2.05) is 12.3 Å². The van der Waals surface area contributed by atoms with Crippen LogP contribution in [-0.4, -0.2) is 52.6 Å². The summed E-state index contributed by atoms with van der Waals surface area (Å²) in [5.41, 5.74) is 2.15. The Morgan fingerprint density at radius 2 is 2.03 bits per heavy atom. The second kappa shape index (κ2) is 8.91. The van der Waals surface area contributed by atoms with E-state index < -0.39 is 17.5 Å². The minimum atomic E-state index is -0.626. The van der Waals surface area contributed by atoms with E-state index in [0.29, 0.717) is 35.0 Å². The number of carbonyl (C=O) groups is 1. The topological polar surface area (TPSA) is 81.0 Å². The van der Waals surface area contributed by atoms with Gasteiger partial charge in [-0.15, -0.1) is 0 Å². The highest BCUT2D eigenvalue weighted by atomic mass is 35.5. The largest absolute Gasteiger partial charge is 0.444 e. The molecule has 1 N–H and O–H groups in total. The number of fused-ring (bicyclic) bond motifs is 1. The lowest BCUT2D eigenvalue weighted by atomic mass is 10.1. The summed E-state index contributed by atoms with van der Waals surface area (Å²) in [5.74, 6) is -0.495. The minimum absolute atomic E-state index is 0.0381. The van der Waals surface area contributed by atoms with Crippen LogP contribution >= 0.6 is 11.6 Å². The number of amides is 1. The number of carbonyl (C=O) groups excluding carboxylic acids is 1. The number of hydrogen-bond acceptors (Lipinski definition) is 6. The lowest BCUT2D eigenvalue weighted by molar-refractivity contribution is 0.0523. The predicted octanol–water partition coefficient (Wildman–Crippen LogP) is 4.05. The number of rotatable bonds is 4. The number of ether oxygens (including phenoxy) is 2. The summed E-state index contributed by atoms with van der Waals surface area (Å²) in [4.78, 5) is 18.4. The third-order valence-corrected chi connectivity index (χ3v) is 5.33. The number of hydrogen-bond donors (Lipinski definition) is 1. The summed E-state index contributed by atoms with van der Waals surface area (Å²) < 4.78 is 27.4. The average Bonchev–Trinajstić information content (AvgIpc) is 3.18. The third-order valence-electron chi connectivity index (χ3n) is 4.98. The van der Waals surface area contributed by atoms with Crippen molar-refractivity contribution in [2.75, 3.05) is 31.2 Å². The Morgan fingerprint density at radius 1 is 1.28 bits per heavy atom. The van der Waals surface area contributed by atoms with Crippen LogP contribution in [0.3, 0.4) is 0 Å². The predicted molar refractivity (Wildman–Crippen MR) is 119 cm³/mol. The molecule has 10 heteroatoms. The summed E-state index contributed by atoms with van der Waals surface area (Å²) in [7, 11) is 0. The molecule has 0 atom stereocenters. The van der Waals surface area contributed by atoms with Gasteiger partial charge in [-0.25, -0.2) is 18.7 Å². The molecule has 0 spiro atoms. The number of nitrogens with one attached hydrogen (secondary N) is 1. The molecule has 1 fully saturated rings. The molecule has 1 amide bonds. The average molecular weight is 462 g/mol. The van der Waals surface area contributed by atoms with Crippen LogP contribution < -0.4 is 10.2 Å². The van der Waals surface area contributed by atoms with Gasteiger partial charge in [0.1, 0.15) is 23.4 Å². The highest BCUT2D eigenvalue weighted by Gasteiger charge is 2.20. The summed E-state index contributed by atoms with van der Waals surface area (Å²) in [6.07, 6.45) is 2.68. The van der Waals surface area contributed by atoms with Crippen molar-refractivity contribution in [3.05, 3.63) is 47.1 Å². The van der Waals surface area contributed by atoms with Crippen molar-refractivity contribution in [2.24, 2.45) is 0 Å². The maximum Gasteiger partial charge on any atom is 0.407 e. The SMILES string of the molecule is CC(C)(C)OC(=O)NCc1cc(F)c(-c2ncnn3cc(N4CCOCC4)cc23)cc1Cl.